The highest BCUT2D eigenvalue weighted by Gasteiger charge is 2.11. The molecule has 3 N–H and O–H groups in total. The third kappa shape index (κ3) is 4.78. The van der Waals surface area contributed by atoms with Crippen LogP contribution in [0.5, 0.6) is 0 Å². The van der Waals surface area contributed by atoms with E-state index in [0.717, 1.165) is 32.1 Å². The predicted molar refractivity (Wildman–Crippen MR) is 132 cm³/mol. The highest BCUT2D eigenvalue weighted by molar-refractivity contribution is 7.18. The number of amides is 2. The Labute approximate surface area is 194 Å². The molecule has 0 spiro atoms. The Morgan fingerprint density at radius 3 is 2.48 bits per heavy atom. The number of halogens is 1. The van der Waals surface area contributed by atoms with Crippen LogP contribution in [-0.4, -0.2) is 11.0 Å². The summed E-state index contributed by atoms with van der Waals surface area (Å²) in [5, 5.41) is 13.1. The summed E-state index contributed by atoms with van der Waals surface area (Å²) < 4.78 is 14.7. The Balaban J connectivity index is 1.34. The van der Waals surface area contributed by atoms with Gasteiger partial charge in [-0.2, -0.15) is 0 Å². The maximum absolute atomic E-state index is 13.6. The number of benzene rings is 3. The molecule has 33 heavy (non-hydrogen) atoms. The van der Waals surface area contributed by atoms with Gasteiger partial charge in [-0.3, -0.25) is 0 Å². The van der Waals surface area contributed by atoms with Crippen LogP contribution < -0.4 is 16.0 Å². The summed E-state index contributed by atoms with van der Waals surface area (Å²) >= 11 is 1.64. The zero-order valence-electron chi connectivity index (χ0n) is 17.6. The quantitative estimate of drug-likeness (QED) is 0.280. The number of anilines is 2. The van der Waals surface area contributed by atoms with Crippen molar-refractivity contribution in [3.05, 3.63) is 101 Å². The van der Waals surface area contributed by atoms with Gasteiger partial charge in [-0.05, 0) is 46.8 Å². The maximum Gasteiger partial charge on any atom is 0.315 e. The Bertz CT molecular complexity index is 1430. The van der Waals surface area contributed by atoms with Gasteiger partial charge in [0.25, 0.3) is 0 Å². The standard InChI is InChI=1S/C26H21FN4OS/c27-19-7-4-8-20(14-19)30-25-22-11-12-33-24(22)21-10-9-18(13-23(21)31-25)16-29-26(32)28-15-17-5-2-1-3-6-17/h1-14H,15-16H2,(H,30,31)(H2,28,29,32). The average Bonchev–Trinajstić information content (AvgIpc) is 3.33. The first kappa shape index (κ1) is 20.9. The summed E-state index contributed by atoms with van der Waals surface area (Å²) in [5.74, 6) is 0.372. The minimum atomic E-state index is -0.304. The van der Waals surface area contributed by atoms with Gasteiger partial charge < -0.3 is 16.0 Å². The lowest BCUT2D eigenvalue weighted by atomic mass is 10.1. The number of rotatable bonds is 6. The number of urea groups is 1. The first-order valence-corrected chi connectivity index (χ1v) is 11.4. The van der Waals surface area contributed by atoms with E-state index in [0.29, 0.717) is 24.6 Å². The fourth-order valence-corrected chi connectivity index (χ4v) is 4.61. The SMILES string of the molecule is O=C(NCc1ccccc1)NCc1ccc2c(c1)nc(Nc1cccc(F)c1)c1ccsc12. The Morgan fingerprint density at radius 2 is 1.67 bits per heavy atom. The molecule has 2 heterocycles. The van der Waals surface area contributed by atoms with Crippen LogP contribution in [0.15, 0.2) is 84.2 Å². The van der Waals surface area contributed by atoms with E-state index in [2.05, 4.69) is 16.0 Å². The predicted octanol–water partition coefficient (Wildman–Crippen LogP) is 6.33. The lowest BCUT2D eigenvalue weighted by molar-refractivity contribution is 0.240. The van der Waals surface area contributed by atoms with Gasteiger partial charge in [-0.25, -0.2) is 14.2 Å². The van der Waals surface area contributed by atoms with E-state index in [1.54, 1.807) is 17.4 Å². The van der Waals surface area contributed by atoms with Crippen molar-refractivity contribution in [3.8, 4) is 0 Å². The lowest BCUT2D eigenvalue weighted by Gasteiger charge is -2.11. The first-order chi connectivity index (χ1) is 16.2. The monoisotopic (exact) mass is 456 g/mol. The average molecular weight is 457 g/mol. The third-order valence-electron chi connectivity index (χ3n) is 5.30. The van der Waals surface area contributed by atoms with E-state index in [-0.39, 0.29) is 11.8 Å². The summed E-state index contributed by atoms with van der Waals surface area (Å²) in [6, 6.07) is 23.9. The normalized spacial score (nSPS) is 10.9. The van der Waals surface area contributed by atoms with Crippen LogP contribution in [0.2, 0.25) is 0 Å². The molecule has 5 aromatic rings. The van der Waals surface area contributed by atoms with E-state index in [1.807, 2.05) is 66.0 Å². The summed E-state index contributed by atoms with van der Waals surface area (Å²) in [5.41, 5.74) is 3.44. The molecule has 5 rings (SSSR count). The number of hydrogen-bond acceptors (Lipinski definition) is 4. The number of fused-ring (bicyclic) bond motifs is 3. The molecule has 7 heteroatoms. The lowest BCUT2D eigenvalue weighted by Crippen LogP contribution is -2.34. The number of nitrogens with zero attached hydrogens (tertiary/aromatic N) is 1. The molecule has 164 valence electrons. The number of nitrogens with one attached hydrogen (secondary N) is 3. The van der Waals surface area contributed by atoms with Crippen molar-refractivity contribution in [2.45, 2.75) is 13.1 Å². The van der Waals surface area contributed by atoms with E-state index in [9.17, 15) is 9.18 Å². The van der Waals surface area contributed by atoms with Gasteiger partial charge in [0, 0.05) is 34.2 Å². The van der Waals surface area contributed by atoms with Crippen molar-refractivity contribution in [2.75, 3.05) is 5.32 Å². The van der Waals surface area contributed by atoms with Crippen molar-refractivity contribution in [1.82, 2.24) is 15.6 Å². The minimum Gasteiger partial charge on any atom is -0.340 e. The van der Waals surface area contributed by atoms with Crippen LogP contribution in [0.25, 0.3) is 21.0 Å². The van der Waals surface area contributed by atoms with Gasteiger partial charge in [0.1, 0.15) is 11.6 Å². The molecule has 0 bridgehead atoms. The van der Waals surface area contributed by atoms with Crippen molar-refractivity contribution in [1.29, 1.82) is 0 Å². The summed E-state index contributed by atoms with van der Waals surface area (Å²) in [7, 11) is 0. The Kier molecular flexibility index (Phi) is 5.87. The molecule has 2 amide bonds. The molecular formula is C26H21FN4OS. The molecule has 0 saturated heterocycles. The number of carbonyl (C=O) groups excluding carboxylic acids is 1. The maximum atomic E-state index is 13.6. The molecular weight excluding hydrogens is 435 g/mol. The number of pyridine rings is 1. The van der Waals surface area contributed by atoms with Gasteiger partial charge in [-0.15, -0.1) is 11.3 Å². The topological polar surface area (TPSA) is 66.0 Å². The molecule has 0 aliphatic carbocycles. The number of aromatic nitrogens is 1. The molecule has 0 fully saturated rings. The van der Waals surface area contributed by atoms with E-state index >= 15 is 0 Å². The second-order valence-electron chi connectivity index (χ2n) is 7.63. The molecule has 0 unspecified atom stereocenters. The molecule has 3 aromatic carbocycles. The summed E-state index contributed by atoms with van der Waals surface area (Å²) in [6.07, 6.45) is 0. The molecule has 0 aliphatic heterocycles. The van der Waals surface area contributed by atoms with Crippen molar-refractivity contribution >= 4 is 49.9 Å². The molecule has 2 aromatic heterocycles. The van der Waals surface area contributed by atoms with Crippen LogP contribution in [0.4, 0.5) is 20.7 Å². The first-order valence-electron chi connectivity index (χ1n) is 10.5. The van der Waals surface area contributed by atoms with Crippen molar-refractivity contribution < 1.29 is 9.18 Å². The van der Waals surface area contributed by atoms with Crippen molar-refractivity contribution in [2.24, 2.45) is 0 Å². The number of thiophene rings is 1. The van der Waals surface area contributed by atoms with Crippen LogP contribution in [-0.2, 0) is 13.1 Å². The van der Waals surface area contributed by atoms with Gasteiger partial charge >= 0.3 is 6.03 Å². The molecule has 0 aliphatic rings. The van der Waals surface area contributed by atoms with E-state index in [4.69, 9.17) is 4.98 Å². The molecule has 0 atom stereocenters. The van der Waals surface area contributed by atoms with Gasteiger partial charge in [0.2, 0.25) is 0 Å². The van der Waals surface area contributed by atoms with Gasteiger partial charge in [-0.1, -0.05) is 48.5 Å². The van der Waals surface area contributed by atoms with E-state index in [1.165, 1.54) is 12.1 Å². The smallest absolute Gasteiger partial charge is 0.315 e. The van der Waals surface area contributed by atoms with Crippen LogP contribution in [0.3, 0.4) is 0 Å². The molecule has 0 radical (unpaired) electrons. The van der Waals surface area contributed by atoms with Crippen LogP contribution in [0.1, 0.15) is 11.1 Å². The zero-order valence-corrected chi connectivity index (χ0v) is 18.5. The largest absolute Gasteiger partial charge is 0.340 e. The Hall–Kier alpha value is -3.97. The Morgan fingerprint density at radius 1 is 0.848 bits per heavy atom. The zero-order chi connectivity index (χ0) is 22.6. The fraction of sp³-hybridized carbons (Fsp3) is 0.0769. The van der Waals surface area contributed by atoms with Crippen LogP contribution in [0, 0.1) is 5.82 Å². The molecule has 0 saturated carbocycles. The second-order valence-corrected chi connectivity index (χ2v) is 8.55. The number of carbonyl (C=O) groups is 1. The second kappa shape index (κ2) is 9.26. The number of hydrogen-bond donors (Lipinski definition) is 3. The highest BCUT2D eigenvalue weighted by Crippen LogP contribution is 2.35. The van der Waals surface area contributed by atoms with Crippen molar-refractivity contribution in [3.63, 3.8) is 0 Å². The van der Waals surface area contributed by atoms with Gasteiger partial charge in [0.15, 0.2) is 0 Å². The molecule has 5 nitrogen and oxygen atoms in total. The van der Waals surface area contributed by atoms with E-state index < -0.39 is 0 Å². The van der Waals surface area contributed by atoms with Gasteiger partial charge in [0.05, 0.1) is 5.52 Å². The fourth-order valence-electron chi connectivity index (χ4n) is 3.68. The summed E-state index contributed by atoms with van der Waals surface area (Å²) in [4.78, 5) is 17.0. The van der Waals surface area contributed by atoms with Crippen LogP contribution >= 0.6 is 11.3 Å². The third-order valence-corrected chi connectivity index (χ3v) is 6.24. The highest BCUT2D eigenvalue weighted by atomic mass is 32.1. The summed E-state index contributed by atoms with van der Waals surface area (Å²) in [6.45, 7) is 0.852. The minimum absolute atomic E-state index is 0.228.